The fourth-order valence-corrected chi connectivity index (χ4v) is 5.40. The van der Waals surface area contributed by atoms with Crippen LogP contribution < -0.4 is 25.2 Å². The number of fused-ring (bicyclic) bond motifs is 2. The first-order valence-corrected chi connectivity index (χ1v) is 13.7. The van der Waals surface area contributed by atoms with Gasteiger partial charge in [0.15, 0.2) is 5.60 Å². The Hall–Kier alpha value is -4.79. The number of aromatic amines is 2. The van der Waals surface area contributed by atoms with Gasteiger partial charge in [0, 0.05) is 29.8 Å². The number of methoxy groups -OCH3 is 2. The second-order valence-electron chi connectivity index (χ2n) is 9.16. The molecule has 1 amide bonds. The number of aliphatic hydroxyl groups is 1. The summed E-state index contributed by atoms with van der Waals surface area (Å²) in [4.78, 5) is 30.0. The van der Waals surface area contributed by atoms with E-state index in [0.717, 1.165) is 0 Å². The van der Waals surface area contributed by atoms with Crippen molar-refractivity contribution in [1.82, 2.24) is 14.7 Å². The number of sulfonamides is 1. The van der Waals surface area contributed by atoms with Gasteiger partial charge in [-0.2, -0.15) is 5.11 Å². The Kier molecular flexibility index (Phi) is 7.21. The molecule has 1 aromatic heterocycles. The van der Waals surface area contributed by atoms with E-state index in [-0.39, 0.29) is 39.9 Å². The highest BCUT2D eigenvalue weighted by atomic mass is 32.2. The Labute approximate surface area is 234 Å². The van der Waals surface area contributed by atoms with Crippen LogP contribution in [0.2, 0.25) is 0 Å². The third kappa shape index (κ3) is 5.35. The van der Waals surface area contributed by atoms with Gasteiger partial charge in [0.1, 0.15) is 22.1 Å². The zero-order valence-electron chi connectivity index (χ0n) is 22.2. The maximum Gasteiger partial charge on any atom is 0.323 e. The van der Waals surface area contributed by atoms with E-state index in [4.69, 9.17) is 9.47 Å². The minimum Gasteiger partial charge on any atom is -0.495 e. The molecule has 14 heteroatoms. The molecule has 212 valence electrons. The average Bonchev–Trinajstić information content (AvgIpc) is 3.34. The number of carbonyl (C=O) groups excluding carboxylic acids is 1. The number of nitrogens with one attached hydrogen (secondary N) is 4. The van der Waals surface area contributed by atoms with Crippen LogP contribution in [0.15, 0.2) is 80.6 Å². The summed E-state index contributed by atoms with van der Waals surface area (Å²) < 4.78 is 37.7. The molecule has 3 aromatic carbocycles. The van der Waals surface area contributed by atoms with E-state index in [9.17, 15) is 23.1 Å². The largest absolute Gasteiger partial charge is 0.495 e. The quantitative estimate of drug-likeness (QED) is 0.199. The molecule has 13 nitrogen and oxygen atoms in total. The minimum absolute atomic E-state index is 0.0174. The number of imidazole rings is 1. The van der Waals surface area contributed by atoms with Gasteiger partial charge in [-0.15, -0.1) is 5.11 Å². The predicted octanol–water partition coefficient (Wildman–Crippen LogP) is 2.83. The normalized spacial score (nSPS) is 16.8. The summed E-state index contributed by atoms with van der Waals surface area (Å²) in [6.45, 7) is 0. The lowest BCUT2D eigenvalue weighted by Gasteiger charge is -2.29. The lowest BCUT2D eigenvalue weighted by molar-refractivity contribution is -0.129. The van der Waals surface area contributed by atoms with E-state index in [1.54, 1.807) is 42.5 Å². The number of ether oxygens (including phenoxy) is 2. The Morgan fingerprint density at radius 2 is 1.73 bits per heavy atom. The SMILES string of the molecule is CNS(=O)(=O)c1cc(OC)c(N=NC2=CC(O)(C(=O)Nc3ccc4[nH]c(=O)[nH]c4c3)Cc3ccccc32)cc1OC. The number of anilines is 1. The van der Waals surface area contributed by atoms with Crippen molar-refractivity contribution in [1.29, 1.82) is 0 Å². The minimum atomic E-state index is -3.86. The molecule has 0 saturated carbocycles. The third-order valence-electron chi connectivity index (χ3n) is 6.58. The van der Waals surface area contributed by atoms with E-state index in [1.165, 1.54) is 39.5 Å². The van der Waals surface area contributed by atoms with Gasteiger partial charge < -0.3 is 29.9 Å². The average molecular weight is 579 g/mol. The zero-order chi connectivity index (χ0) is 29.4. The van der Waals surface area contributed by atoms with Gasteiger partial charge in [0.2, 0.25) is 10.0 Å². The molecule has 1 aliphatic rings. The number of aromatic nitrogens is 2. The van der Waals surface area contributed by atoms with E-state index in [0.29, 0.717) is 27.8 Å². The Bertz CT molecular complexity index is 1890. The number of hydrogen-bond acceptors (Lipinski definition) is 9. The molecule has 1 atom stereocenters. The maximum atomic E-state index is 13.3. The molecule has 1 aliphatic carbocycles. The first-order valence-electron chi connectivity index (χ1n) is 12.2. The van der Waals surface area contributed by atoms with Crippen molar-refractivity contribution in [2.45, 2.75) is 16.9 Å². The highest BCUT2D eigenvalue weighted by Gasteiger charge is 2.39. The fourth-order valence-electron chi connectivity index (χ4n) is 4.51. The van der Waals surface area contributed by atoms with Gasteiger partial charge in [-0.25, -0.2) is 17.9 Å². The van der Waals surface area contributed by atoms with Crippen LogP contribution in [0.3, 0.4) is 0 Å². The topological polar surface area (TPSA) is 187 Å². The predicted molar refractivity (Wildman–Crippen MR) is 151 cm³/mol. The molecule has 0 bridgehead atoms. The van der Waals surface area contributed by atoms with Crippen molar-refractivity contribution in [2.75, 3.05) is 26.6 Å². The van der Waals surface area contributed by atoms with Crippen molar-refractivity contribution < 1.29 is 27.8 Å². The molecule has 41 heavy (non-hydrogen) atoms. The third-order valence-corrected chi connectivity index (χ3v) is 8.02. The molecular formula is C27H26N6O7S. The highest BCUT2D eigenvalue weighted by molar-refractivity contribution is 7.89. The summed E-state index contributed by atoms with van der Waals surface area (Å²) in [5.74, 6) is -0.583. The van der Waals surface area contributed by atoms with Crippen LogP contribution in [0, 0.1) is 0 Å². The molecule has 0 fully saturated rings. The van der Waals surface area contributed by atoms with Gasteiger partial charge in [-0.05, 0) is 36.9 Å². The molecule has 5 rings (SSSR count). The van der Waals surface area contributed by atoms with Crippen LogP contribution in [-0.2, 0) is 21.2 Å². The second-order valence-corrected chi connectivity index (χ2v) is 11.0. The molecule has 0 aliphatic heterocycles. The van der Waals surface area contributed by atoms with E-state index >= 15 is 0 Å². The van der Waals surface area contributed by atoms with Crippen molar-refractivity contribution in [3.63, 3.8) is 0 Å². The van der Waals surface area contributed by atoms with Gasteiger partial charge in [-0.3, -0.25) is 4.79 Å². The highest BCUT2D eigenvalue weighted by Crippen LogP contribution is 2.39. The van der Waals surface area contributed by atoms with Crippen LogP contribution >= 0.6 is 0 Å². The maximum absolute atomic E-state index is 13.3. The molecular weight excluding hydrogens is 552 g/mol. The lowest BCUT2D eigenvalue weighted by atomic mass is 9.83. The summed E-state index contributed by atoms with van der Waals surface area (Å²) >= 11 is 0. The number of hydrogen-bond donors (Lipinski definition) is 5. The monoisotopic (exact) mass is 578 g/mol. The molecule has 0 spiro atoms. The first kappa shape index (κ1) is 27.8. The summed E-state index contributed by atoms with van der Waals surface area (Å²) in [5.41, 5.74) is 0.753. The Morgan fingerprint density at radius 3 is 2.46 bits per heavy atom. The molecule has 0 radical (unpaired) electrons. The van der Waals surface area contributed by atoms with Crippen molar-refractivity contribution >= 4 is 44.0 Å². The van der Waals surface area contributed by atoms with Gasteiger partial charge in [0.25, 0.3) is 5.91 Å². The summed E-state index contributed by atoms with van der Waals surface area (Å²) in [6.07, 6.45) is 1.29. The summed E-state index contributed by atoms with van der Waals surface area (Å²) in [5, 5.41) is 22.8. The smallest absolute Gasteiger partial charge is 0.323 e. The van der Waals surface area contributed by atoms with Crippen LogP contribution in [-0.4, -0.2) is 56.3 Å². The molecule has 1 unspecified atom stereocenters. The second kappa shape index (κ2) is 10.6. The zero-order valence-corrected chi connectivity index (χ0v) is 23.0. The van der Waals surface area contributed by atoms with Crippen LogP contribution in [0.5, 0.6) is 11.5 Å². The summed E-state index contributed by atoms with van der Waals surface area (Å²) in [7, 11) is 0.0908. The number of carbonyl (C=O) groups is 1. The fraction of sp³-hybridized carbons (Fsp3) is 0.185. The van der Waals surface area contributed by atoms with E-state index < -0.39 is 21.5 Å². The first-order chi connectivity index (χ1) is 19.6. The standard InChI is InChI=1S/C27H26N6O7S/c1-28-41(37,38)24-12-22(39-2)20(11-23(24)40-3)32-33-21-14-27(36,13-15-6-4-5-7-17(15)21)25(34)29-16-8-9-18-19(10-16)31-26(35)30-18/h4-12,14,28,36H,13H2,1-3H3,(H,29,34)(H2,30,31,35). The number of benzene rings is 3. The molecule has 0 saturated heterocycles. The number of amides is 1. The molecule has 1 heterocycles. The van der Waals surface area contributed by atoms with Crippen molar-refractivity contribution in [2.24, 2.45) is 10.2 Å². The van der Waals surface area contributed by atoms with Crippen LogP contribution in [0.4, 0.5) is 11.4 Å². The van der Waals surface area contributed by atoms with Crippen LogP contribution in [0.25, 0.3) is 16.7 Å². The summed E-state index contributed by atoms with van der Waals surface area (Å²) in [6, 6.07) is 14.6. The van der Waals surface area contributed by atoms with Crippen molar-refractivity contribution in [3.8, 4) is 11.5 Å². The Balaban J connectivity index is 1.52. The number of azo groups is 1. The molecule has 5 N–H and O–H groups in total. The van der Waals surface area contributed by atoms with Crippen LogP contribution in [0.1, 0.15) is 11.1 Å². The van der Waals surface area contributed by atoms with Gasteiger partial charge >= 0.3 is 5.69 Å². The number of rotatable bonds is 8. The van der Waals surface area contributed by atoms with E-state index in [1.807, 2.05) is 0 Å². The van der Waals surface area contributed by atoms with E-state index in [2.05, 4.69) is 30.2 Å². The molecule has 4 aromatic rings. The van der Waals surface area contributed by atoms with Gasteiger partial charge in [0.05, 0.1) is 31.0 Å². The number of nitrogens with zero attached hydrogens (tertiary/aromatic N) is 2. The Morgan fingerprint density at radius 1 is 1.00 bits per heavy atom. The van der Waals surface area contributed by atoms with Crippen molar-refractivity contribution in [3.05, 3.63) is 82.3 Å². The lowest BCUT2D eigenvalue weighted by Crippen LogP contribution is -2.44. The number of H-pyrrole nitrogens is 2. The van der Waals surface area contributed by atoms with Gasteiger partial charge in [-0.1, -0.05) is 24.3 Å².